The van der Waals surface area contributed by atoms with Gasteiger partial charge in [-0.2, -0.15) is 0 Å². The Morgan fingerprint density at radius 2 is 2.00 bits per heavy atom. The molecule has 1 aromatic carbocycles. The Labute approximate surface area is 125 Å². The predicted molar refractivity (Wildman–Crippen MR) is 76.2 cm³/mol. The molecule has 114 valence electrons. The number of rotatable bonds is 3. The van der Waals surface area contributed by atoms with Crippen LogP contribution in [-0.4, -0.2) is 47.8 Å². The molecule has 0 saturated carbocycles. The van der Waals surface area contributed by atoms with Gasteiger partial charge in [0, 0.05) is 25.4 Å². The Morgan fingerprint density at radius 3 is 2.73 bits per heavy atom. The van der Waals surface area contributed by atoms with Crippen LogP contribution in [0.15, 0.2) is 41.2 Å². The first kappa shape index (κ1) is 14.2. The molecule has 0 spiro atoms. The summed E-state index contributed by atoms with van der Waals surface area (Å²) in [5, 5.41) is 14.8. The summed E-state index contributed by atoms with van der Waals surface area (Å²) in [6.07, 6.45) is 1.63. The zero-order chi connectivity index (χ0) is 15.5. The minimum absolute atomic E-state index is 0.118. The van der Waals surface area contributed by atoms with Crippen LogP contribution in [0.25, 0.3) is 0 Å². The summed E-state index contributed by atoms with van der Waals surface area (Å²) in [5.74, 6) is -0.611. The van der Waals surface area contributed by atoms with Gasteiger partial charge in [-0.05, 0) is 6.07 Å². The van der Waals surface area contributed by atoms with E-state index in [-0.39, 0.29) is 22.5 Å². The second-order valence-corrected chi connectivity index (χ2v) is 4.78. The van der Waals surface area contributed by atoms with Crippen molar-refractivity contribution in [3.05, 3.63) is 51.7 Å². The monoisotopic (exact) mass is 303 g/mol. The van der Waals surface area contributed by atoms with E-state index in [0.717, 1.165) is 0 Å². The minimum atomic E-state index is -0.611. The molecule has 1 fully saturated rings. The van der Waals surface area contributed by atoms with Gasteiger partial charge in [-0.1, -0.05) is 17.3 Å². The number of carbonyl (C=O) groups is 1. The topological polar surface area (TPSA) is 94.3 Å². The van der Waals surface area contributed by atoms with E-state index in [1.807, 2.05) is 4.90 Å². The van der Waals surface area contributed by atoms with Crippen molar-refractivity contribution in [3.8, 4) is 0 Å². The van der Waals surface area contributed by atoms with Crippen molar-refractivity contribution in [3.63, 3.8) is 0 Å². The Bertz CT molecular complexity index is 677. The van der Waals surface area contributed by atoms with Crippen molar-refractivity contribution in [2.45, 2.75) is 0 Å². The molecule has 0 aromatic heterocycles. The highest BCUT2D eigenvalue weighted by atomic mass is 16.7. The van der Waals surface area contributed by atoms with Crippen molar-refractivity contribution >= 4 is 17.4 Å². The number of nitro benzene ring substituents is 1. The van der Waals surface area contributed by atoms with Gasteiger partial charge < -0.3 is 14.5 Å². The Balaban J connectivity index is 1.97. The number of benzene rings is 1. The van der Waals surface area contributed by atoms with Gasteiger partial charge in [-0.15, -0.1) is 0 Å². The molecule has 0 bridgehead atoms. The molecule has 0 unspecified atom stereocenters. The molecule has 0 atom stereocenters. The van der Waals surface area contributed by atoms with Crippen LogP contribution >= 0.6 is 0 Å². The molecule has 0 amide bonds. The Morgan fingerprint density at radius 1 is 1.27 bits per heavy atom. The number of ether oxygens (including phenoxy) is 1. The van der Waals surface area contributed by atoms with Crippen molar-refractivity contribution in [2.24, 2.45) is 5.16 Å². The third kappa shape index (κ3) is 2.68. The molecule has 2 heterocycles. The lowest BCUT2D eigenvalue weighted by Gasteiger charge is -2.25. The van der Waals surface area contributed by atoms with E-state index in [9.17, 15) is 14.9 Å². The van der Waals surface area contributed by atoms with Crippen LogP contribution in [0, 0.1) is 10.1 Å². The average Bonchev–Trinajstić information content (AvgIpc) is 2.89. The summed E-state index contributed by atoms with van der Waals surface area (Å²) >= 11 is 0. The van der Waals surface area contributed by atoms with E-state index in [0.29, 0.717) is 26.3 Å². The maximum Gasteiger partial charge on any atom is 0.369 e. The van der Waals surface area contributed by atoms with Gasteiger partial charge in [0.25, 0.3) is 5.69 Å². The number of morpholine rings is 1. The van der Waals surface area contributed by atoms with Crippen LogP contribution in [-0.2, 0) is 14.4 Å². The number of nitrogens with zero attached hydrogens (tertiary/aromatic N) is 3. The van der Waals surface area contributed by atoms with Crippen molar-refractivity contribution < 1.29 is 19.3 Å². The third-order valence-corrected chi connectivity index (χ3v) is 3.41. The minimum Gasteiger partial charge on any atom is -0.378 e. The summed E-state index contributed by atoms with van der Waals surface area (Å²) in [6.45, 7) is 2.41. The van der Waals surface area contributed by atoms with Gasteiger partial charge in [0.15, 0.2) is 0 Å². The molecule has 8 nitrogen and oxygen atoms in total. The first-order valence-corrected chi connectivity index (χ1v) is 6.74. The number of carbonyl (C=O) groups excluding carboxylic acids is 1. The molecule has 0 aliphatic carbocycles. The molecule has 0 N–H and O–H groups in total. The fourth-order valence-corrected chi connectivity index (χ4v) is 2.31. The van der Waals surface area contributed by atoms with Crippen LogP contribution in [0.3, 0.4) is 0 Å². The zero-order valence-electron chi connectivity index (χ0n) is 11.6. The fourth-order valence-electron chi connectivity index (χ4n) is 2.31. The van der Waals surface area contributed by atoms with Crippen LogP contribution in [0.5, 0.6) is 0 Å². The summed E-state index contributed by atoms with van der Waals surface area (Å²) in [6, 6.07) is 6.13. The highest BCUT2D eigenvalue weighted by molar-refractivity contribution is 6.29. The number of oxime groups is 1. The third-order valence-electron chi connectivity index (χ3n) is 3.41. The van der Waals surface area contributed by atoms with Gasteiger partial charge in [-0.3, -0.25) is 10.1 Å². The first-order chi connectivity index (χ1) is 10.7. The highest BCUT2D eigenvalue weighted by Crippen LogP contribution is 2.26. The van der Waals surface area contributed by atoms with Gasteiger partial charge in [0.2, 0.25) is 0 Å². The van der Waals surface area contributed by atoms with E-state index < -0.39 is 10.9 Å². The first-order valence-electron chi connectivity index (χ1n) is 6.74. The van der Waals surface area contributed by atoms with Crippen LogP contribution < -0.4 is 0 Å². The molecule has 2 aliphatic heterocycles. The molecular weight excluding hydrogens is 290 g/mol. The van der Waals surface area contributed by atoms with E-state index in [2.05, 4.69) is 5.16 Å². The molecular formula is C14H13N3O5. The van der Waals surface area contributed by atoms with Gasteiger partial charge >= 0.3 is 5.97 Å². The molecule has 1 saturated heterocycles. The zero-order valence-corrected chi connectivity index (χ0v) is 11.6. The van der Waals surface area contributed by atoms with Crippen LogP contribution in [0.2, 0.25) is 0 Å². The molecule has 22 heavy (non-hydrogen) atoms. The van der Waals surface area contributed by atoms with E-state index in [1.165, 1.54) is 6.07 Å². The summed E-state index contributed by atoms with van der Waals surface area (Å²) in [4.78, 5) is 29.1. The molecule has 0 radical (unpaired) electrons. The van der Waals surface area contributed by atoms with E-state index in [4.69, 9.17) is 9.57 Å². The second kappa shape index (κ2) is 5.94. The van der Waals surface area contributed by atoms with E-state index in [1.54, 1.807) is 24.4 Å². The lowest BCUT2D eigenvalue weighted by atomic mass is 10.0. The van der Waals surface area contributed by atoms with Gasteiger partial charge in [0.05, 0.1) is 23.7 Å². The standard InChI is InChI=1S/C14H13N3O5/c18-14-11(9-16-5-7-21-8-6-16)13(15-22-14)10-3-1-2-4-12(10)17(19)20/h1-4,9H,5-8H2. The predicted octanol–water partition coefficient (Wildman–Crippen LogP) is 1.07. The molecule has 1 aromatic rings. The van der Waals surface area contributed by atoms with Gasteiger partial charge in [-0.25, -0.2) is 4.79 Å². The van der Waals surface area contributed by atoms with Crippen molar-refractivity contribution in [1.82, 2.24) is 4.90 Å². The smallest absolute Gasteiger partial charge is 0.369 e. The fraction of sp³-hybridized carbons (Fsp3) is 0.286. The van der Waals surface area contributed by atoms with Crippen LogP contribution in [0.1, 0.15) is 5.56 Å². The number of nitro groups is 1. The lowest BCUT2D eigenvalue weighted by molar-refractivity contribution is -0.385. The molecule has 2 aliphatic rings. The maximum absolute atomic E-state index is 11.9. The Hall–Kier alpha value is -2.74. The summed E-state index contributed by atoms with van der Waals surface area (Å²) in [5.41, 5.74) is 0.547. The number of hydrogen-bond acceptors (Lipinski definition) is 7. The summed E-state index contributed by atoms with van der Waals surface area (Å²) in [7, 11) is 0. The Kier molecular flexibility index (Phi) is 3.84. The summed E-state index contributed by atoms with van der Waals surface area (Å²) < 4.78 is 5.25. The van der Waals surface area contributed by atoms with Crippen molar-refractivity contribution in [1.29, 1.82) is 0 Å². The second-order valence-electron chi connectivity index (χ2n) is 4.78. The quantitative estimate of drug-likeness (QED) is 0.359. The van der Waals surface area contributed by atoms with Crippen molar-refractivity contribution in [2.75, 3.05) is 26.3 Å². The normalized spacial score (nSPS) is 20.0. The number of para-hydroxylation sites is 1. The highest BCUT2D eigenvalue weighted by Gasteiger charge is 2.32. The van der Waals surface area contributed by atoms with E-state index >= 15 is 0 Å². The number of hydrogen-bond donors (Lipinski definition) is 0. The maximum atomic E-state index is 11.9. The molecule has 3 rings (SSSR count). The molecule has 8 heteroatoms. The van der Waals surface area contributed by atoms with Gasteiger partial charge in [0.1, 0.15) is 11.3 Å². The largest absolute Gasteiger partial charge is 0.378 e. The average molecular weight is 303 g/mol. The SMILES string of the molecule is O=C1ON=C(c2ccccc2[N+](=O)[O-])C1=CN1CCOCC1. The van der Waals surface area contributed by atoms with Crippen LogP contribution in [0.4, 0.5) is 5.69 Å². The lowest BCUT2D eigenvalue weighted by Crippen LogP contribution is -2.33.